The number of aliphatic hydroxyl groups excluding tert-OH is 1. The quantitative estimate of drug-likeness (QED) is 0.637. The molecule has 20 heavy (non-hydrogen) atoms. The molecule has 0 heterocycles. The van der Waals surface area contributed by atoms with Gasteiger partial charge in [-0.3, -0.25) is 9.59 Å². The number of carbonyl (C=O) groups is 2. The van der Waals surface area contributed by atoms with Crippen LogP contribution in [-0.2, 0) is 9.59 Å². The normalized spacial score (nSPS) is 19.3. The van der Waals surface area contributed by atoms with E-state index in [9.17, 15) is 9.59 Å². The second-order valence-corrected chi connectivity index (χ2v) is 5.99. The molecule has 1 amide bonds. The van der Waals surface area contributed by atoms with E-state index in [1.807, 2.05) is 6.92 Å². The Hall–Kier alpha value is -1.10. The predicted octanol–water partition coefficient (Wildman–Crippen LogP) is 2.08. The average Bonchev–Trinajstić information content (AvgIpc) is 2.37. The van der Waals surface area contributed by atoms with Crippen molar-refractivity contribution >= 4 is 11.9 Å². The third-order valence-corrected chi connectivity index (χ3v) is 4.31. The first-order valence-corrected chi connectivity index (χ1v) is 7.63. The second kappa shape index (κ2) is 8.25. The Morgan fingerprint density at radius 2 is 1.85 bits per heavy atom. The molecule has 0 aliphatic heterocycles. The van der Waals surface area contributed by atoms with Crippen molar-refractivity contribution < 1.29 is 19.8 Å². The molecule has 1 unspecified atom stereocenters. The summed E-state index contributed by atoms with van der Waals surface area (Å²) in [5.74, 6) is -0.893. The van der Waals surface area contributed by atoms with Gasteiger partial charge in [-0.05, 0) is 31.1 Å². The molecule has 5 heteroatoms. The van der Waals surface area contributed by atoms with Crippen LogP contribution in [0.3, 0.4) is 0 Å². The van der Waals surface area contributed by atoms with E-state index in [2.05, 4.69) is 5.32 Å². The van der Waals surface area contributed by atoms with Crippen molar-refractivity contribution in [2.45, 2.75) is 70.8 Å². The van der Waals surface area contributed by atoms with Crippen LogP contribution in [0.4, 0.5) is 0 Å². The largest absolute Gasteiger partial charge is 0.481 e. The van der Waals surface area contributed by atoms with Gasteiger partial charge >= 0.3 is 5.97 Å². The van der Waals surface area contributed by atoms with Gasteiger partial charge in [0.15, 0.2) is 0 Å². The van der Waals surface area contributed by atoms with Gasteiger partial charge in [0.1, 0.15) is 0 Å². The zero-order valence-corrected chi connectivity index (χ0v) is 12.4. The fourth-order valence-corrected chi connectivity index (χ4v) is 3.19. The lowest BCUT2D eigenvalue weighted by Crippen LogP contribution is -2.40. The van der Waals surface area contributed by atoms with Crippen LogP contribution in [0.1, 0.15) is 64.7 Å². The van der Waals surface area contributed by atoms with E-state index in [0.29, 0.717) is 12.8 Å². The number of rotatable bonds is 8. The summed E-state index contributed by atoms with van der Waals surface area (Å²) < 4.78 is 0. The first-order valence-electron chi connectivity index (χ1n) is 7.63. The third-order valence-electron chi connectivity index (χ3n) is 4.31. The maximum Gasteiger partial charge on any atom is 0.303 e. The first kappa shape index (κ1) is 17.0. The maximum absolute atomic E-state index is 12.2. The number of nitrogens with one attached hydrogen (secondary N) is 1. The standard InChI is InChI=1S/C15H27NO4/c1-2-12(6-9-17)16-13(18)10-15(11-14(19)20)7-4-3-5-8-15/h12,17H,2-11H2,1H3,(H,16,18)(H,19,20). The highest BCUT2D eigenvalue weighted by Crippen LogP contribution is 2.42. The summed E-state index contributed by atoms with van der Waals surface area (Å²) in [5, 5.41) is 21.0. The number of hydrogen-bond donors (Lipinski definition) is 3. The fraction of sp³-hybridized carbons (Fsp3) is 0.867. The van der Waals surface area contributed by atoms with Crippen molar-refractivity contribution in [2.24, 2.45) is 5.41 Å². The lowest BCUT2D eigenvalue weighted by Gasteiger charge is -2.36. The summed E-state index contributed by atoms with van der Waals surface area (Å²) in [6.07, 6.45) is 6.49. The molecule has 0 saturated heterocycles. The third kappa shape index (κ3) is 5.49. The Kier molecular flexibility index (Phi) is 6.99. The smallest absolute Gasteiger partial charge is 0.303 e. The molecule has 0 aromatic rings. The van der Waals surface area contributed by atoms with Crippen molar-refractivity contribution in [1.82, 2.24) is 5.32 Å². The molecule has 0 aromatic heterocycles. The van der Waals surface area contributed by atoms with Crippen LogP contribution in [0.25, 0.3) is 0 Å². The van der Waals surface area contributed by atoms with Crippen LogP contribution < -0.4 is 5.32 Å². The minimum absolute atomic E-state index is 0.0158. The highest BCUT2D eigenvalue weighted by molar-refractivity contribution is 5.78. The maximum atomic E-state index is 12.2. The van der Waals surface area contributed by atoms with Crippen LogP contribution in [0.2, 0.25) is 0 Å². The van der Waals surface area contributed by atoms with Gasteiger partial charge in [0.05, 0.1) is 6.42 Å². The van der Waals surface area contributed by atoms with E-state index in [0.717, 1.165) is 38.5 Å². The summed E-state index contributed by atoms with van der Waals surface area (Å²) in [4.78, 5) is 23.2. The van der Waals surface area contributed by atoms with Crippen molar-refractivity contribution in [1.29, 1.82) is 0 Å². The summed E-state index contributed by atoms with van der Waals surface area (Å²) in [6, 6.07) is -0.0158. The molecule has 0 radical (unpaired) electrons. The Balaban J connectivity index is 2.59. The lowest BCUT2D eigenvalue weighted by atomic mass is 9.69. The Morgan fingerprint density at radius 3 is 2.35 bits per heavy atom. The van der Waals surface area contributed by atoms with E-state index < -0.39 is 5.97 Å². The number of amides is 1. The molecule has 5 nitrogen and oxygen atoms in total. The fourth-order valence-electron chi connectivity index (χ4n) is 3.19. The van der Waals surface area contributed by atoms with Gasteiger partial charge in [-0.15, -0.1) is 0 Å². The van der Waals surface area contributed by atoms with E-state index >= 15 is 0 Å². The summed E-state index contributed by atoms with van der Waals surface area (Å²) in [7, 11) is 0. The van der Waals surface area contributed by atoms with E-state index in [1.165, 1.54) is 0 Å². The number of hydrogen-bond acceptors (Lipinski definition) is 3. The predicted molar refractivity (Wildman–Crippen MR) is 76.3 cm³/mol. The van der Waals surface area contributed by atoms with Gasteiger partial charge in [-0.1, -0.05) is 26.2 Å². The number of aliphatic carboxylic acids is 1. The molecule has 0 spiro atoms. The SMILES string of the molecule is CCC(CCO)NC(=O)CC1(CC(=O)O)CCCCC1. The van der Waals surface area contributed by atoms with Crippen LogP contribution in [0.5, 0.6) is 0 Å². The van der Waals surface area contributed by atoms with Gasteiger partial charge in [0.2, 0.25) is 5.91 Å². The molecule has 1 aliphatic rings. The molecular formula is C15H27NO4. The molecule has 0 bridgehead atoms. The van der Waals surface area contributed by atoms with Crippen LogP contribution >= 0.6 is 0 Å². The number of carboxylic acids is 1. The molecule has 0 aromatic carbocycles. The number of carbonyl (C=O) groups excluding carboxylic acids is 1. The van der Waals surface area contributed by atoms with Gasteiger partial charge in [0, 0.05) is 19.1 Å². The van der Waals surface area contributed by atoms with Crippen molar-refractivity contribution in [3.05, 3.63) is 0 Å². The van der Waals surface area contributed by atoms with Gasteiger partial charge in [-0.25, -0.2) is 0 Å². The highest BCUT2D eigenvalue weighted by Gasteiger charge is 2.36. The summed E-state index contributed by atoms with van der Waals surface area (Å²) in [6.45, 7) is 2.02. The van der Waals surface area contributed by atoms with Crippen LogP contribution in [-0.4, -0.2) is 34.7 Å². The molecular weight excluding hydrogens is 258 g/mol. The molecule has 1 aliphatic carbocycles. The minimum Gasteiger partial charge on any atom is -0.481 e. The summed E-state index contributed by atoms with van der Waals surface area (Å²) in [5.41, 5.74) is -0.369. The number of carboxylic acid groups (broad SMARTS) is 1. The minimum atomic E-state index is -0.818. The average molecular weight is 285 g/mol. The molecule has 1 fully saturated rings. The molecule has 116 valence electrons. The zero-order valence-electron chi connectivity index (χ0n) is 12.4. The highest BCUT2D eigenvalue weighted by atomic mass is 16.4. The zero-order chi connectivity index (χ0) is 15.0. The number of aliphatic hydroxyl groups is 1. The van der Waals surface area contributed by atoms with Gasteiger partial charge in [0.25, 0.3) is 0 Å². The van der Waals surface area contributed by atoms with Crippen molar-refractivity contribution in [3.63, 3.8) is 0 Å². The first-order chi connectivity index (χ1) is 9.51. The Labute approximate surface area is 120 Å². The lowest BCUT2D eigenvalue weighted by molar-refractivity contribution is -0.141. The Morgan fingerprint density at radius 1 is 1.20 bits per heavy atom. The topological polar surface area (TPSA) is 86.6 Å². The van der Waals surface area contributed by atoms with Crippen molar-refractivity contribution in [2.75, 3.05) is 6.61 Å². The molecule has 1 atom stereocenters. The molecule has 1 saturated carbocycles. The van der Waals surface area contributed by atoms with Gasteiger partial charge in [-0.2, -0.15) is 0 Å². The van der Waals surface area contributed by atoms with Crippen molar-refractivity contribution in [3.8, 4) is 0 Å². The van der Waals surface area contributed by atoms with E-state index in [4.69, 9.17) is 10.2 Å². The van der Waals surface area contributed by atoms with Crippen LogP contribution in [0.15, 0.2) is 0 Å². The monoisotopic (exact) mass is 285 g/mol. The molecule has 3 N–H and O–H groups in total. The molecule has 1 rings (SSSR count). The van der Waals surface area contributed by atoms with E-state index in [-0.39, 0.29) is 30.4 Å². The summed E-state index contributed by atoms with van der Waals surface area (Å²) >= 11 is 0. The second-order valence-electron chi connectivity index (χ2n) is 5.99. The Bertz CT molecular complexity index is 324. The van der Waals surface area contributed by atoms with Gasteiger partial charge < -0.3 is 15.5 Å². The van der Waals surface area contributed by atoms with E-state index in [1.54, 1.807) is 0 Å². The van der Waals surface area contributed by atoms with Crippen LogP contribution in [0, 0.1) is 5.41 Å².